The predicted molar refractivity (Wildman–Crippen MR) is 85.6 cm³/mol. The van der Waals surface area contributed by atoms with Gasteiger partial charge in [0.2, 0.25) is 5.91 Å². The van der Waals surface area contributed by atoms with Crippen molar-refractivity contribution in [2.45, 2.75) is 38.3 Å². The highest BCUT2D eigenvalue weighted by molar-refractivity contribution is 7.09. The maximum absolute atomic E-state index is 12.8. The van der Waals surface area contributed by atoms with Crippen LogP contribution in [0.25, 0.3) is 0 Å². The van der Waals surface area contributed by atoms with E-state index in [1.165, 1.54) is 0 Å². The maximum atomic E-state index is 12.8. The van der Waals surface area contributed by atoms with Crippen LogP contribution in [-0.2, 0) is 23.3 Å². The summed E-state index contributed by atoms with van der Waals surface area (Å²) in [5, 5.41) is 13.8. The number of hydrogen-bond acceptors (Lipinski definition) is 5. The van der Waals surface area contributed by atoms with Gasteiger partial charge in [-0.1, -0.05) is 6.92 Å². The average molecular weight is 319 g/mol. The minimum atomic E-state index is -0.585. The van der Waals surface area contributed by atoms with Crippen molar-refractivity contribution in [2.24, 2.45) is 0 Å². The van der Waals surface area contributed by atoms with Gasteiger partial charge >= 0.3 is 0 Å². The zero-order chi connectivity index (χ0) is 15.4. The highest BCUT2D eigenvalue weighted by Crippen LogP contribution is 2.27. The van der Waals surface area contributed by atoms with Crippen LogP contribution in [0.3, 0.4) is 0 Å². The molecular formula is C15H21N5OS. The van der Waals surface area contributed by atoms with Crippen LogP contribution in [0.4, 0.5) is 0 Å². The number of carbonyl (C=O) groups is 1. The second-order valence-corrected chi connectivity index (χ2v) is 6.44. The first kappa shape index (κ1) is 15.2. The lowest BCUT2D eigenvalue weighted by Crippen LogP contribution is -2.54. The Balaban J connectivity index is 1.72. The van der Waals surface area contributed by atoms with Gasteiger partial charge in [-0.2, -0.15) is 5.10 Å². The lowest BCUT2D eigenvalue weighted by Gasteiger charge is -2.36. The topological polar surface area (TPSA) is 71.8 Å². The molecule has 7 heteroatoms. The van der Waals surface area contributed by atoms with E-state index in [0.717, 1.165) is 43.1 Å². The molecular weight excluding hydrogens is 298 g/mol. The number of aromatic nitrogens is 3. The fraction of sp³-hybridized carbons (Fsp3) is 0.533. The summed E-state index contributed by atoms with van der Waals surface area (Å²) < 4.78 is 1.81. The fourth-order valence-electron chi connectivity index (χ4n) is 2.85. The summed E-state index contributed by atoms with van der Waals surface area (Å²) in [4.78, 5) is 17.3. The SMILES string of the molecule is CCc1nc(CNC(=O)C2(n3cccn3)CCNCC2)cs1. The Bertz CT molecular complexity index is 616. The highest BCUT2D eigenvalue weighted by Gasteiger charge is 2.41. The molecule has 0 saturated carbocycles. The zero-order valence-corrected chi connectivity index (χ0v) is 13.5. The van der Waals surface area contributed by atoms with E-state index in [1.54, 1.807) is 17.5 Å². The molecule has 1 saturated heterocycles. The monoisotopic (exact) mass is 319 g/mol. The van der Waals surface area contributed by atoms with Crippen molar-refractivity contribution in [1.82, 2.24) is 25.4 Å². The molecule has 3 heterocycles. The Morgan fingerprint density at radius 1 is 1.50 bits per heavy atom. The molecule has 1 fully saturated rings. The standard InChI is InChI=1S/C15H21N5OS/c1-2-13-19-12(11-22-13)10-17-14(21)15(4-7-16-8-5-15)20-9-3-6-18-20/h3,6,9,11,16H,2,4-5,7-8,10H2,1H3,(H,17,21). The minimum absolute atomic E-state index is 0.0312. The Morgan fingerprint density at radius 3 is 2.95 bits per heavy atom. The summed E-state index contributed by atoms with van der Waals surface area (Å²) >= 11 is 1.64. The fourth-order valence-corrected chi connectivity index (χ4v) is 3.60. The molecule has 2 N–H and O–H groups in total. The largest absolute Gasteiger partial charge is 0.348 e. The number of hydrogen-bond donors (Lipinski definition) is 2. The van der Waals surface area contributed by atoms with Crippen LogP contribution < -0.4 is 10.6 Å². The molecule has 0 spiro atoms. The molecule has 0 bridgehead atoms. The molecule has 1 amide bonds. The third-order valence-electron chi connectivity index (χ3n) is 4.13. The first-order chi connectivity index (χ1) is 10.7. The maximum Gasteiger partial charge on any atom is 0.248 e. The number of thiazole rings is 1. The molecule has 0 aliphatic carbocycles. The third-order valence-corrected chi connectivity index (χ3v) is 5.17. The average Bonchev–Trinajstić information content (AvgIpc) is 3.24. The van der Waals surface area contributed by atoms with Gasteiger partial charge in [-0.3, -0.25) is 9.48 Å². The number of amides is 1. The van der Waals surface area contributed by atoms with Gasteiger partial charge in [0.1, 0.15) is 5.54 Å². The van der Waals surface area contributed by atoms with Gasteiger partial charge in [0, 0.05) is 17.8 Å². The Hall–Kier alpha value is -1.73. The number of piperidine rings is 1. The van der Waals surface area contributed by atoms with E-state index in [4.69, 9.17) is 0 Å². The van der Waals surface area contributed by atoms with E-state index >= 15 is 0 Å². The van der Waals surface area contributed by atoms with Gasteiger partial charge < -0.3 is 10.6 Å². The molecule has 0 radical (unpaired) electrons. The minimum Gasteiger partial charge on any atom is -0.348 e. The van der Waals surface area contributed by atoms with E-state index < -0.39 is 5.54 Å². The van der Waals surface area contributed by atoms with E-state index in [0.29, 0.717) is 6.54 Å². The summed E-state index contributed by atoms with van der Waals surface area (Å²) in [7, 11) is 0. The van der Waals surface area contributed by atoms with Crippen molar-refractivity contribution in [3.63, 3.8) is 0 Å². The summed E-state index contributed by atoms with van der Waals surface area (Å²) in [6.07, 6.45) is 6.03. The molecule has 0 unspecified atom stereocenters. The van der Waals surface area contributed by atoms with Gasteiger partial charge in [-0.05, 0) is 38.4 Å². The van der Waals surface area contributed by atoms with Gasteiger partial charge in [0.05, 0.1) is 17.2 Å². The van der Waals surface area contributed by atoms with Gasteiger partial charge in [-0.25, -0.2) is 4.98 Å². The molecule has 22 heavy (non-hydrogen) atoms. The molecule has 6 nitrogen and oxygen atoms in total. The van der Waals surface area contributed by atoms with Crippen molar-refractivity contribution < 1.29 is 4.79 Å². The summed E-state index contributed by atoms with van der Waals surface area (Å²) in [5.41, 5.74) is 0.345. The van der Waals surface area contributed by atoms with E-state index in [1.807, 2.05) is 22.3 Å². The quantitative estimate of drug-likeness (QED) is 0.871. The van der Waals surface area contributed by atoms with Crippen LogP contribution in [-0.4, -0.2) is 33.8 Å². The molecule has 118 valence electrons. The molecule has 1 aliphatic rings. The first-order valence-electron chi connectivity index (χ1n) is 7.67. The number of carbonyl (C=O) groups excluding carboxylic acids is 1. The predicted octanol–water partition coefficient (Wildman–Crippen LogP) is 1.30. The van der Waals surface area contributed by atoms with E-state index in [2.05, 4.69) is 27.6 Å². The smallest absolute Gasteiger partial charge is 0.248 e. The zero-order valence-electron chi connectivity index (χ0n) is 12.7. The van der Waals surface area contributed by atoms with Crippen LogP contribution in [0.1, 0.15) is 30.5 Å². The Morgan fingerprint density at radius 2 is 2.32 bits per heavy atom. The Labute approximate surface area is 133 Å². The molecule has 3 rings (SSSR count). The summed E-state index contributed by atoms with van der Waals surface area (Å²) in [6.45, 7) is 4.21. The second-order valence-electron chi connectivity index (χ2n) is 5.50. The highest BCUT2D eigenvalue weighted by atomic mass is 32.1. The van der Waals surface area contributed by atoms with Crippen molar-refractivity contribution in [2.75, 3.05) is 13.1 Å². The molecule has 1 aliphatic heterocycles. The Kier molecular flexibility index (Phi) is 4.54. The summed E-state index contributed by atoms with van der Waals surface area (Å²) in [6, 6.07) is 1.87. The van der Waals surface area contributed by atoms with Crippen molar-refractivity contribution in [1.29, 1.82) is 0 Å². The van der Waals surface area contributed by atoms with Crippen LogP contribution in [0, 0.1) is 0 Å². The van der Waals surface area contributed by atoms with E-state index in [-0.39, 0.29) is 5.91 Å². The molecule has 0 aromatic carbocycles. The normalized spacial score (nSPS) is 17.3. The molecule has 2 aromatic heterocycles. The van der Waals surface area contributed by atoms with Gasteiger partial charge in [0.25, 0.3) is 0 Å². The van der Waals surface area contributed by atoms with Crippen LogP contribution >= 0.6 is 11.3 Å². The van der Waals surface area contributed by atoms with Crippen molar-refractivity contribution in [3.8, 4) is 0 Å². The third kappa shape index (κ3) is 2.91. The van der Waals surface area contributed by atoms with Gasteiger partial charge in [0.15, 0.2) is 0 Å². The number of nitrogens with one attached hydrogen (secondary N) is 2. The first-order valence-corrected chi connectivity index (χ1v) is 8.55. The van der Waals surface area contributed by atoms with Crippen molar-refractivity contribution in [3.05, 3.63) is 34.5 Å². The van der Waals surface area contributed by atoms with Crippen LogP contribution in [0.2, 0.25) is 0 Å². The van der Waals surface area contributed by atoms with E-state index in [9.17, 15) is 4.79 Å². The van der Waals surface area contributed by atoms with Crippen LogP contribution in [0.5, 0.6) is 0 Å². The number of nitrogens with zero attached hydrogens (tertiary/aromatic N) is 3. The number of rotatable bonds is 5. The molecule has 2 aromatic rings. The lowest BCUT2D eigenvalue weighted by atomic mass is 9.87. The lowest BCUT2D eigenvalue weighted by molar-refractivity contribution is -0.132. The van der Waals surface area contributed by atoms with Gasteiger partial charge in [-0.15, -0.1) is 11.3 Å². The summed E-state index contributed by atoms with van der Waals surface area (Å²) in [5.74, 6) is 0.0312. The van der Waals surface area contributed by atoms with Crippen molar-refractivity contribution >= 4 is 17.2 Å². The van der Waals surface area contributed by atoms with Crippen LogP contribution in [0.15, 0.2) is 23.8 Å². The molecule has 0 atom stereocenters. The number of aryl methyl sites for hydroxylation is 1. The second kappa shape index (κ2) is 6.58.